The van der Waals surface area contributed by atoms with Crippen LogP contribution in [0.3, 0.4) is 0 Å². The van der Waals surface area contributed by atoms with Crippen molar-refractivity contribution >= 4 is 22.1 Å². The van der Waals surface area contributed by atoms with E-state index in [0.29, 0.717) is 28.6 Å². The molecular formula is C20H14N10. The van der Waals surface area contributed by atoms with Gasteiger partial charge in [-0.15, -0.1) is 0 Å². The molecule has 10 nitrogen and oxygen atoms in total. The molecule has 30 heavy (non-hydrogen) atoms. The number of hydrogen-bond donors (Lipinski definition) is 2. The largest absolute Gasteiger partial charge is 0.333 e. The van der Waals surface area contributed by atoms with E-state index < -0.39 is 0 Å². The van der Waals surface area contributed by atoms with Gasteiger partial charge in [-0.25, -0.2) is 15.0 Å². The smallest absolute Gasteiger partial charge is 0.180 e. The van der Waals surface area contributed by atoms with Crippen LogP contribution >= 0.6 is 0 Å². The number of hydrogen-bond acceptors (Lipinski definition) is 7. The van der Waals surface area contributed by atoms with Crippen LogP contribution in [0.1, 0.15) is 5.69 Å². The van der Waals surface area contributed by atoms with E-state index in [1.807, 2.05) is 29.8 Å². The molecule has 0 aliphatic heterocycles. The lowest BCUT2D eigenvalue weighted by molar-refractivity contribution is 1.06. The Labute approximate surface area is 169 Å². The summed E-state index contributed by atoms with van der Waals surface area (Å²) in [6.45, 7) is 1.95. The maximum atomic E-state index is 4.67. The molecule has 0 spiro atoms. The zero-order valence-electron chi connectivity index (χ0n) is 15.8. The molecule has 0 saturated carbocycles. The number of aromatic amines is 2. The molecule has 10 heteroatoms. The van der Waals surface area contributed by atoms with Gasteiger partial charge in [0.1, 0.15) is 16.9 Å². The Balaban J connectivity index is 1.52. The van der Waals surface area contributed by atoms with Crippen LogP contribution < -0.4 is 0 Å². The lowest BCUT2D eigenvalue weighted by atomic mass is 10.2. The maximum Gasteiger partial charge on any atom is 0.180 e. The fourth-order valence-electron chi connectivity index (χ4n) is 3.45. The highest BCUT2D eigenvalue weighted by molar-refractivity contribution is 5.94. The molecule has 0 unspecified atom stereocenters. The van der Waals surface area contributed by atoms with Gasteiger partial charge in [-0.2, -0.15) is 5.10 Å². The lowest BCUT2D eigenvalue weighted by Crippen LogP contribution is -1.92. The molecule has 0 radical (unpaired) electrons. The lowest BCUT2D eigenvalue weighted by Gasteiger charge is -2.02. The predicted octanol–water partition coefficient (Wildman–Crippen LogP) is 2.85. The second-order valence-corrected chi connectivity index (χ2v) is 6.81. The zero-order chi connectivity index (χ0) is 20.1. The number of H-pyrrole nitrogens is 2. The zero-order valence-corrected chi connectivity index (χ0v) is 15.8. The van der Waals surface area contributed by atoms with Gasteiger partial charge in [-0.1, -0.05) is 0 Å². The highest BCUT2D eigenvalue weighted by atomic mass is 15.2. The number of rotatable bonds is 3. The van der Waals surface area contributed by atoms with Crippen LogP contribution in [0.15, 0.2) is 55.6 Å². The van der Waals surface area contributed by atoms with E-state index >= 15 is 0 Å². The fraction of sp³-hybridized carbons (Fsp3) is 0.0500. The molecule has 0 bridgehead atoms. The van der Waals surface area contributed by atoms with Crippen molar-refractivity contribution < 1.29 is 0 Å². The number of fused-ring (bicyclic) bond motifs is 2. The predicted molar refractivity (Wildman–Crippen MR) is 110 cm³/mol. The summed E-state index contributed by atoms with van der Waals surface area (Å²) in [6.07, 6.45) is 12.1. The molecule has 6 rings (SSSR count). The summed E-state index contributed by atoms with van der Waals surface area (Å²) in [5.74, 6) is 0.615. The summed E-state index contributed by atoms with van der Waals surface area (Å²) >= 11 is 0. The molecule has 0 amide bonds. The number of imidazole rings is 2. The topological polar surface area (TPSA) is 127 Å². The minimum absolute atomic E-state index is 0.605. The van der Waals surface area contributed by atoms with Crippen LogP contribution in [0.5, 0.6) is 0 Å². The van der Waals surface area contributed by atoms with Gasteiger partial charge >= 0.3 is 0 Å². The van der Waals surface area contributed by atoms with E-state index in [-0.39, 0.29) is 0 Å². The Hall–Kier alpha value is -4.47. The first-order valence-electron chi connectivity index (χ1n) is 9.23. The van der Waals surface area contributed by atoms with Crippen molar-refractivity contribution in [2.45, 2.75) is 6.92 Å². The average molecular weight is 394 g/mol. The number of nitrogens with zero attached hydrogens (tertiary/aromatic N) is 8. The Bertz CT molecular complexity index is 1510. The van der Waals surface area contributed by atoms with Crippen molar-refractivity contribution in [2.75, 3.05) is 0 Å². The summed E-state index contributed by atoms with van der Waals surface area (Å²) in [4.78, 5) is 29.7. The van der Waals surface area contributed by atoms with Gasteiger partial charge in [0.15, 0.2) is 11.5 Å². The van der Waals surface area contributed by atoms with Crippen LogP contribution in [0.4, 0.5) is 0 Å². The van der Waals surface area contributed by atoms with Crippen molar-refractivity contribution in [1.29, 1.82) is 0 Å². The highest BCUT2D eigenvalue weighted by Crippen LogP contribution is 2.29. The summed E-state index contributed by atoms with van der Waals surface area (Å²) in [7, 11) is 0. The minimum Gasteiger partial charge on any atom is -0.333 e. The van der Waals surface area contributed by atoms with E-state index in [2.05, 4.69) is 45.1 Å². The summed E-state index contributed by atoms with van der Waals surface area (Å²) < 4.78 is 1.94. The van der Waals surface area contributed by atoms with E-state index in [1.165, 1.54) is 0 Å². The fourth-order valence-corrected chi connectivity index (χ4v) is 3.45. The SMILES string of the molecule is Cc1cn(-c2ccnc3nc(-c4n[nH]c5cnc(-c6cnccn6)cc45)[nH]c23)cn1. The van der Waals surface area contributed by atoms with E-state index in [0.717, 1.165) is 27.8 Å². The summed E-state index contributed by atoms with van der Waals surface area (Å²) in [5, 5.41) is 8.35. The Morgan fingerprint density at radius 3 is 2.77 bits per heavy atom. The van der Waals surface area contributed by atoms with Gasteiger partial charge in [0.05, 0.1) is 41.3 Å². The third-order valence-electron chi connectivity index (χ3n) is 4.86. The van der Waals surface area contributed by atoms with E-state index in [9.17, 15) is 0 Å². The minimum atomic E-state index is 0.605. The first-order valence-corrected chi connectivity index (χ1v) is 9.23. The molecule has 6 heterocycles. The number of aromatic nitrogens is 10. The van der Waals surface area contributed by atoms with Crippen LogP contribution in [0.25, 0.3) is 50.7 Å². The molecule has 144 valence electrons. The van der Waals surface area contributed by atoms with Crippen molar-refractivity contribution in [2.24, 2.45) is 0 Å². The molecule has 6 aromatic rings. The van der Waals surface area contributed by atoms with Crippen molar-refractivity contribution in [1.82, 2.24) is 49.7 Å². The van der Waals surface area contributed by atoms with Gasteiger partial charge in [-0.05, 0) is 19.1 Å². The number of nitrogens with one attached hydrogen (secondary N) is 2. The Morgan fingerprint density at radius 1 is 0.967 bits per heavy atom. The van der Waals surface area contributed by atoms with Crippen LogP contribution in [-0.4, -0.2) is 49.7 Å². The van der Waals surface area contributed by atoms with Gasteiger partial charge in [-0.3, -0.25) is 20.1 Å². The van der Waals surface area contributed by atoms with Gasteiger partial charge in [0.2, 0.25) is 0 Å². The normalized spacial score (nSPS) is 11.5. The van der Waals surface area contributed by atoms with E-state index in [1.54, 1.807) is 37.3 Å². The van der Waals surface area contributed by atoms with Crippen molar-refractivity contribution in [3.05, 3.63) is 61.3 Å². The van der Waals surface area contributed by atoms with Crippen LogP contribution in [0.2, 0.25) is 0 Å². The molecule has 0 atom stereocenters. The van der Waals surface area contributed by atoms with Crippen molar-refractivity contribution in [3.8, 4) is 28.6 Å². The van der Waals surface area contributed by atoms with Gasteiger partial charge < -0.3 is 9.55 Å². The quantitative estimate of drug-likeness (QED) is 0.472. The highest BCUT2D eigenvalue weighted by Gasteiger charge is 2.17. The third kappa shape index (κ3) is 2.54. The first kappa shape index (κ1) is 16.5. The molecule has 0 aliphatic carbocycles. The molecule has 0 fully saturated rings. The number of aryl methyl sites for hydroxylation is 1. The third-order valence-corrected chi connectivity index (χ3v) is 4.86. The standard InChI is InChI=1S/C20H14N10/c1-11-9-30(10-25-11)16-2-3-23-19-18(16)26-20(27-19)17-12-6-13(15-7-21-4-5-22-15)24-8-14(12)28-29-17/h2-10H,1H3,(H,28,29)(H,23,26,27). The monoisotopic (exact) mass is 394 g/mol. The summed E-state index contributed by atoms with van der Waals surface area (Å²) in [6, 6.07) is 3.85. The molecule has 0 aliphatic rings. The summed E-state index contributed by atoms with van der Waals surface area (Å²) in [5.41, 5.74) is 6.15. The van der Waals surface area contributed by atoms with E-state index in [4.69, 9.17) is 0 Å². The Kier molecular flexibility index (Phi) is 3.45. The Morgan fingerprint density at radius 2 is 1.93 bits per heavy atom. The van der Waals surface area contributed by atoms with Gasteiger partial charge in [0, 0.05) is 30.2 Å². The van der Waals surface area contributed by atoms with Crippen LogP contribution in [-0.2, 0) is 0 Å². The molecular weight excluding hydrogens is 380 g/mol. The number of pyridine rings is 2. The molecule has 0 aromatic carbocycles. The second-order valence-electron chi connectivity index (χ2n) is 6.81. The molecule has 2 N–H and O–H groups in total. The maximum absolute atomic E-state index is 4.67. The first-order chi connectivity index (χ1) is 14.8. The molecule has 0 saturated heterocycles. The van der Waals surface area contributed by atoms with Crippen molar-refractivity contribution in [3.63, 3.8) is 0 Å². The second kappa shape index (κ2) is 6.27. The molecule has 6 aromatic heterocycles. The van der Waals surface area contributed by atoms with Crippen LogP contribution in [0, 0.1) is 6.92 Å². The van der Waals surface area contributed by atoms with Gasteiger partial charge in [0.25, 0.3) is 0 Å². The average Bonchev–Trinajstić information content (AvgIpc) is 3.51.